The minimum Gasteiger partial charge on any atom is -0.301 e. The Morgan fingerprint density at radius 1 is 1.11 bits per heavy atom. The molecule has 5 heteroatoms. The standard InChI is InChI=1S/C14H19Cl2FN2/c15-4-7-18-5-1-6-19(9-8-18)11-12-10-13(16)2-3-14(12)17/h2-3,10H,1,4-9,11H2. The predicted molar refractivity (Wildman–Crippen MR) is 78.5 cm³/mol. The largest absolute Gasteiger partial charge is 0.301 e. The molecule has 0 spiro atoms. The number of hydrogen-bond donors (Lipinski definition) is 0. The summed E-state index contributed by atoms with van der Waals surface area (Å²) < 4.78 is 13.7. The van der Waals surface area contributed by atoms with E-state index in [9.17, 15) is 4.39 Å². The Bertz CT molecular complexity index is 414. The summed E-state index contributed by atoms with van der Waals surface area (Å²) in [7, 11) is 0. The number of alkyl halides is 1. The van der Waals surface area contributed by atoms with Crippen molar-refractivity contribution in [1.82, 2.24) is 9.80 Å². The molecule has 1 aliphatic rings. The Kier molecular flexibility index (Phi) is 5.89. The summed E-state index contributed by atoms with van der Waals surface area (Å²) in [5.74, 6) is 0.495. The van der Waals surface area contributed by atoms with E-state index in [-0.39, 0.29) is 5.82 Å². The van der Waals surface area contributed by atoms with Crippen LogP contribution in [0.25, 0.3) is 0 Å². The van der Waals surface area contributed by atoms with Crippen molar-refractivity contribution in [3.05, 3.63) is 34.6 Å². The van der Waals surface area contributed by atoms with Crippen LogP contribution in [0.1, 0.15) is 12.0 Å². The average Bonchev–Trinajstić information content (AvgIpc) is 2.60. The summed E-state index contributed by atoms with van der Waals surface area (Å²) in [6.07, 6.45) is 1.10. The summed E-state index contributed by atoms with van der Waals surface area (Å²) in [5.41, 5.74) is 0.679. The molecule has 2 nitrogen and oxygen atoms in total. The van der Waals surface area contributed by atoms with E-state index in [0.29, 0.717) is 23.0 Å². The molecule has 1 aromatic rings. The van der Waals surface area contributed by atoms with Crippen molar-refractivity contribution >= 4 is 23.2 Å². The van der Waals surface area contributed by atoms with Gasteiger partial charge in [-0.2, -0.15) is 0 Å². The van der Waals surface area contributed by atoms with Gasteiger partial charge in [0.1, 0.15) is 5.82 Å². The fourth-order valence-electron chi connectivity index (χ4n) is 2.43. The molecule has 106 valence electrons. The SMILES string of the molecule is Fc1ccc(Cl)cc1CN1CCCN(CCCl)CC1. The lowest BCUT2D eigenvalue weighted by Gasteiger charge is -2.21. The Balaban J connectivity index is 1.94. The second-order valence-corrected chi connectivity index (χ2v) is 5.71. The zero-order valence-corrected chi connectivity index (χ0v) is 12.4. The highest BCUT2D eigenvalue weighted by Crippen LogP contribution is 2.17. The Hall–Kier alpha value is -0.350. The van der Waals surface area contributed by atoms with E-state index in [4.69, 9.17) is 23.2 Å². The van der Waals surface area contributed by atoms with Crippen molar-refractivity contribution in [2.24, 2.45) is 0 Å². The van der Waals surface area contributed by atoms with Crippen LogP contribution in [0.5, 0.6) is 0 Å². The molecule has 0 bridgehead atoms. The van der Waals surface area contributed by atoms with Crippen molar-refractivity contribution in [2.75, 3.05) is 38.6 Å². The molecule has 1 heterocycles. The molecule has 1 saturated heterocycles. The smallest absolute Gasteiger partial charge is 0.127 e. The fraction of sp³-hybridized carbons (Fsp3) is 0.571. The van der Waals surface area contributed by atoms with Crippen molar-refractivity contribution < 1.29 is 4.39 Å². The van der Waals surface area contributed by atoms with E-state index in [1.54, 1.807) is 12.1 Å². The third kappa shape index (κ3) is 4.60. The van der Waals surface area contributed by atoms with Crippen LogP contribution in [0.3, 0.4) is 0 Å². The summed E-state index contributed by atoms with van der Waals surface area (Å²) in [4.78, 5) is 4.64. The van der Waals surface area contributed by atoms with Gasteiger partial charge in [-0.1, -0.05) is 11.6 Å². The van der Waals surface area contributed by atoms with Crippen molar-refractivity contribution in [1.29, 1.82) is 0 Å². The van der Waals surface area contributed by atoms with Gasteiger partial charge in [0.05, 0.1) is 0 Å². The van der Waals surface area contributed by atoms with E-state index in [0.717, 1.165) is 39.1 Å². The summed E-state index contributed by atoms with van der Waals surface area (Å²) in [6.45, 7) is 5.56. The van der Waals surface area contributed by atoms with Gasteiger partial charge in [-0.05, 0) is 37.7 Å². The van der Waals surface area contributed by atoms with Gasteiger partial charge < -0.3 is 4.90 Å². The second kappa shape index (κ2) is 7.44. The highest BCUT2D eigenvalue weighted by Gasteiger charge is 2.15. The average molecular weight is 305 g/mol. The van der Waals surface area contributed by atoms with Crippen molar-refractivity contribution in [2.45, 2.75) is 13.0 Å². The molecular formula is C14H19Cl2FN2. The van der Waals surface area contributed by atoms with E-state index in [1.807, 2.05) is 0 Å². The van der Waals surface area contributed by atoms with E-state index >= 15 is 0 Å². The number of hydrogen-bond acceptors (Lipinski definition) is 2. The van der Waals surface area contributed by atoms with Crippen LogP contribution in [0.4, 0.5) is 4.39 Å². The summed E-state index contributed by atoms with van der Waals surface area (Å²) >= 11 is 11.7. The molecule has 0 saturated carbocycles. The molecule has 0 amide bonds. The number of benzene rings is 1. The summed E-state index contributed by atoms with van der Waals surface area (Å²) in [6, 6.07) is 4.75. The van der Waals surface area contributed by atoms with Gasteiger partial charge in [-0.15, -0.1) is 11.6 Å². The summed E-state index contributed by atoms with van der Waals surface area (Å²) in [5, 5.41) is 0.593. The number of rotatable bonds is 4. The molecular weight excluding hydrogens is 286 g/mol. The van der Waals surface area contributed by atoms with Gasteiger partial charge in [-0.3, -0.25) is 4.90 Å². The van der Waals surface area contributed by atoms with Crippen LogP contribution in [0, 0.1) is 5.82 Å². The van der Waals surface area contributed by atoms with E-state index in [2.05, 4.69) is 9.80 Å². The monoisotopic (exact) mass is 304 g/mol. The molecule has 0 aliphatic carbocycles. The molecule has 0 radical (unpaired) electrons. The zero-order valence-electron chi connectivity index (χ0n) is 10.9. The van der Waals surface area contributed by atoms with Gasteiger partial charge >= 0.3 is 0 Å². The first-order chi connectivity index (χ1) is 9.19. The van der Waals surface area contributed by atoms with Crippen molar-refractivity contribution in [3.63, 3.8) is 0 Å². The maximum absolute atomic E-state index is 13.7. The van der Waals surface area contributed by atoms with Gasteiger partial charge in [0, 0.05) is 42.6 Å². The second-order valence-electron chi connectivity index (χ2n) is 4.90. The Morgan fingerprint density at radius 3 is 2.63 bits per heavy atom. The molecule has 19 heavy (non-hydrogen) atoms. The lowest BCUT2D eigenvalue weighted by Crippen LogP contribution is -2.31. The predicted octanol–water partition coefficient (Wildman–Crippen LogP) is 3.23. The molecule has 0 atom stereocenters. The molecule has 1 aliphatic heterocycles. The Morgan fingerprint density at radius 2 is 1.84 bits per heavy atom. The maximum Gasteiger partial charge on any atom is 0.127 e. The number of nitrogens with zero attached hydrogens (tertiary/aromatic N) is 2. The van der Waals surface area contributed by atoms with Gasteiger partial charge in [0.25, 0.3) is 0 Å². The molecule has 0 unspecified atom stereocenters. The van der Waals surface area contributed by atoms with Crippen molar-refractivity contribution in [3.8, 4) is 0 Å². The lowest BCUT2D eigenvalue weighted by molar-refractivity contribution is 0.255. The van der Waals surface area contributed by atoms with Gasteiger partial charge in [-0.25, -0.2) is 4.39 Å². The van der Waals surface area contributed by atoms with Crippen LogP contribution >= 0.6 is 23.2 Å². The van der Waals surface area contributed by atoms with Crippen LogP contribution in [0.2, 0.25) is 5.02 Å². The first-order valence-electron chi connectivity index (χ1n) is 6.63. The molecule has 2 rings (SSSR count). The van der Waals surface area contributed by atoms with E-state index in [1.165, 1.54) is 6.07 Å². The van der Waals surface area contributed by atoms with Crippen LogP contribution in [-0.2, 0) is 6.54 Å². The molecule has 0 aromatic heterocycles. The fourth-order valence-corrected chi connectivity index (χ4v) is 2.86. The minimum absolute atomic E-state index is 0.175. The lowest BCUT2D eigenvalue weighted by atomic mass is 10.2. The van der Waals surface area contributed by atoms with E-state index < -0.39 is 0 Å². The third-order valence-electron chi connectivity index (χ3n) is 3.48. The zero-order chi connectivity index (χ0) is 13.7. The van der Waals surface area contributed by atoms with Crippen LogP contribution in [0.15, 0.2) is 18.2 Å². The molecule has 0 N–H and O–H groups in total. The topological polar surface area (TPSA) is 6.48 Å². The first kappa shape index (κ1) is 15.0. The van der Waals surface area contributed by atoms with Gasteiger partial charge in [0.15, 0.2) is 0 Å². The number of halogens is 3. The van der Waals surface area contributed by atoms with Crippen LogP contribution in [-0.4, -0.2) is 48.4 Å². The molecule has 1 fully saturated rings. The van der Waals surface area contributed by atoms with Crippen LogP contribution < -0.4 is 0 Å². The Labute approximate surface area is 124 Å². The highest BCUT2D eigenvalue weighted by molar-refractivity contribution is 6.30. The van der Waals surface area contributed by atoms with Gasteiger partial charge in [0.2, 0.25) is 0 Å². The minimum atomic E-state index is -0.175. The quantitative estimate of drug-likeness (QED) is 0.788. The third-order valence-corrected chi connectivity index (χ3v) is 3.89. The maximum atomic E-state index is 13.7. The highest BCUT2D eigenvalue weighted by atomic mass is 35.5. The normalized spacial score (nSPS) is 18.5. The first-order valence-corrected chi connectivity index (χ1v) is 7.55. The molecule has 1 aromatic carbocycles.